The molecule has 19 heavy (non-hydrogen) atoms. The molecule has 3 heteroatoms. The maximum atomic E-state index is 12.5. The van der Waals surface area contributed by atoms with Crippen molar-refractivity contribution >= 4 is 5.91 Å². The number of rotatable bonds is 4. The highest BCUT2D eigenvalue weighted by atomic mass is 16.2. The molecule has 2 aromatic rings. The molecule has 0 atom stereocenters. The Balaban J connectivity index is 1.73. The van der Waals surface area contributed by atoms with Crippen LogP contribution in [0.2, 0.25) is 0 Å². The first kappa shape index (κ1) is 12.0. The molecule has 1 aliphatic carbocycles. The van der Waals surface area contributed by atoms with Crippen LogP contribution in [0, 0.1) is 0 Å². The third-order valence-electron chi connectivity index (χ3n) is 4.08. The third-order valence-corrected chi connectivity index (χ3v) is 4.08. The number of aromatic nitrogens is 1. The number of benzene rings is 1. The molecule has 1 amide bonds. The van der Waals surface area contributed by atoms with Gasteiger partial charge in [-0.25, -0.2) is 0 Å². The monoisotopic (exact) mass is 254 g/mol. The summed E-state index contributed by atoms with van der Waals surface area (Å²) in [7, 11) is 0. The van der Waals surface area contributed by atoms with Crippen molar-refractivity contribution in [1.29, 1.82) is 0 Å². The van der Waals surface area contributed by atoms with Gasteiger partial charge < -0.3 is 10.3 Å². The van der Waals surface area contributed by atoms with Crippen molar-refractivity contribution in [2.75, 3.05) is 0 Å². The third kappa shape index (κ3) is 2.16. The van der Waals surface area contributed by atoms with Crippen molar-refractivity contribution < 1.29 is 4.79 Å². The van der Waals surface area contributed by atoms with Gasteiger partial charge in [0.15, 0.2) is 0 Å². The molecule has 1 aromatic carbocycles. The highest BCUT2D eigenvalue weighted by Gasteiger charge is 2.45. The average molecular weight is 254 g/mol. The van der Waals surface area contributed by atoms with E-state index in [1.54, 1.807) is 0 Å². The molecular weight excluding hydrogens is 236 g/mol. The molecule has 0 bridgehead atoms. The minimum absolute atomic E-state index is 0.158. The van der Waals surface area contributed by atoms with Gasteiger partial charge in [0.25, 0.3) is 0 Å². The van der Waals surface area contributed by atoms with E-state index in [4.69, 9.17) is 0 Å². The first-order valence-electron chi connectivity index (χ1n) is 6.77. The molecule has 0 aliphatic heterocycles. The number of amides is 1. The van der Waals surface area contributed by atoms with Gasteiger partial charge in [-0.15, -0.1) is 0 Å². The van der Waals surface area contributed by atoms with Gasteiger partial charge in [0.05, 0.1) is 5.41 Å². The Morgan fingerprint density at radius 2 is 2.00 bits per heavy atom. The van der Waals surface area contributed by atoms with Gasteiger partial charge in [0.1, 0.15) is 0 Å². The van der Waals surface area contributed by atoms with E-state index in [-0.39, 0.29) is 11.3 Å². The summed E-state index contributed by atoms with van der Waals surface area (Å²) in [6.07, 6.45) is 6.83. The zero-order valence-corrected chi connectivity index (χ0v) is 10.9. The molecule has 0 radical (unpaired) electrons. The molecule has 0 saturated heterocycles. The predicted octanol–water partition coefficient (Wildman–Crippen LogP) is 2.75. The molecule has 2 N–H and O–H groups in total. The molecular formula is C16H18N2O. The van der Waals surface area contributed by atoms with Crippen molar-refractivity contribution in [2.45, 2.75) is 31.2 Å². The van der Waals surface area contributed by atoms with Gasteiger partial charge in [-0.1, -0.05) is 36.8 Å². The van der Waals surface area contributed by atoms with Crippen LogP contribution in [0.25, 0.3) is 0 Å². The van der Waals surface area contributed by atoms with Crippen LogP contribution in [-0.4, -0.2) is 10.9 Å². The summed E-state index contributed by atoms with van der Waals surface area (Å²) < 4.78 is 0. The van der Waals surface area contributed by atoms with Crippen LogP contribution in [0.3, 0.4) is 0 Å². The molecule has 1 saturated carbocycles. The van der Waals surface area contributed by atoms with Crippen LogP contribution in [0.15, 0.2) is 48.8 Å². The van der Waals surface area contributed by atoms with Crippen LogP contribution >= 0.6 is 0 Å². The molecule has 1 fully saturated rings. The zero-order chi connectivity index (χ0) is 13.1. The SMILES string of the molecule is O=C(NCc1cc[nH]c1)C1(c2ccccc2)CCC1. The summed E-state index contributed by atoms with van der Waals surface area (Å²) in [6, 6.07) is 12.1. The predicted molar refractivity (Wildman–Crippen MR) is 74.6 cm³/mol. The van der Waals surface area contributed by atoms with Crippen LogP contribution < -0.4 is 5.32 Å². The number of hydrogen-bond acceptors (Lipinski definition) is 1. The summed E-state index contributed by atoms with van der Waals surface area (Å²) >= 11 is 0. The molecule has 3 rings (SSSR count). The first-order chi connectivity index (χ1) is 9.31. The van der Waals surface area contributed by atoms with Crippen molar-refractivity contribution in [1.82, 2.24) is 10.3 Å². The van der Waals surface area contributed by atoms with Gasteiger partial charge >= 0.3 is 0 Å². The molecule has 3 nitrogen and oxygen atoms in total. The fourth-order valence-electron chi connectivity index (χ4n) is 2.75. The Kier molecular flexibility index (Phi) is 3.11. The van der Waals surface area contributed by atoms with E-state index >= 15 is 0 Å². The van der Waals surface area contributed by atoms with Crippen molar-refractivity contribution in [2.24, 2.45) is 0 Å². The number of H-pyrrole nitrogens is 1. The Bertz CT molecular complexity index is 541. The minimum atomic E-state index is -0.294. The van der Waals surface area contributed by atoms with Crippen LogP contribution in [0.4, 0.5) is 0 Å². The lowest BCUT2D eigenvalue weighted by Gasteiger charge is -2.40. The Hall–Kier alpha value is -2.03. The van der Waals surface area contributed by atoms with E-state index in [1.165, 1.54) is 0 Å². The van der Waals surface area contributed by atoms with E-state index in [0.29, 0.717) is 6.54 Å². The Labute approximate surface area is 113 Å². The second-order valence-corrected chi connectivity index (χ2v) is 5.20. The Morgan fingerprint density at radius 1 is 1.21 bits per heavy atom. The van der Waals surface area contributed by atoms with Gasteiger partial charge in [0, 0.05) is 18.9 Å². The molecule has 1 aromatic heterocycles. The van der Waals surface area contributed by atoms with Crippen molar-refractivity contribution in [3.05, 3.63) is 59.9 Å². The van der Waals surface area contributed by atoms with Gasteiger partial charge in [-0.05, 0) is 30.0 Å². The lowest BCUT2D eigenvalue weighted by molar-refractivity contribution is -0.130. The van der Waals surface area contributed by atoms with Crippen molar-refractivity contribution in [3.63, 3.8) is 0 Å². The largest absolute Gasteiger partial charge is 0.367 e. The summed E-state index contributed by atoms with van der Waals surface area (Å²) in [5.41, 5.74) is 1.96. The zero-order valence-electron chi connectivity index (χ0n) is 10.9. The minimum Gasteiger partial charge on any atom is -0.367 e. The summed E-state index contributed by atoms with van der Waals surface area (Å²) in [4.78, 5) is 15.5. The Morgan fingerprint density at radius 3 is 2.58 bits per heavy atom. The van der Waals surface area contributed by atoms with E-state index in [1.807, 2.05) is 36.7 Å². The fourth-order valence-corrected chi connectivity index (χ4v) is 2.75. The number of nitrogens with one attached hydrogen (secondary N) is 2. The second kappa shape index (κ2) is 4.92. The second-order valence-electron chi connectivity index (χ2n) is 5.20. The lowest BCUT2D eigenvalue weighted by atomic mass is 9.64. The number of carbonyl (C=O) groups excluding carboxylic acids is 1. The smallest absolute Gasteiger partial charge is 0.230 e. The first-order valence-corrected chi connectivity index (χ1v) is 6.77. The topological polar surface area (TPSA) is 44.9 Å². The maximum Gasteiger partial charge on any atom is 0.230 e. The molecule has 0 unspecified atom stereocenters. The number of hydrogen-bond donors (Lipinski definition) is 2. The average Bonchev–Trinajstić information content (AvgIpc) is 2.89. The standard InChI is InChI=1S/C16H18N2O/c19-15(18-12-13-7-10-17-11-13)16(8-4-9-16)14-5-2-1-3-6-14/h1-3,5-7,10-11,17H,4,8-9,12H2,(H,18,19). The van der Waals surface area contributed by atoms with E-state index in [2.05, 4.69) is 22.4 Å². The van der Waals surface area contributed by atoms with Gasteiger partial charge in [-0.3, -0.25) is 4.79 Å². The van der Waals surface area contributed by atoms with E-state index < -0.39 is 0 Å². The lowest BCUT2D eigenvalue weighted by Crippen LogP contribution is -2.48. The van der Waals surface area contributed by atoms with Crippen LogP contribution in [0.5, 0.6) is 0 Å². The summed E-state index contributed by atoms with van der Waals surface area (Å²) in [5, 5.41) is 3.07. The van der Waals surface area contributed by atoms with E-state index in [0.717, 1.165) is 30.4 Å². The quantitative estimate of drug-likeness (QED) is 0.865. The van der Waals surface area contributed by atoms with Gasteiger partial charge in [0.2, 0.25) is 5.91 Å². The normalized spacial score (nSPS) is 16.6. The maximum absolute atomic E-state index is 12.5. The van der Waals surface area contributed by atoms with Gasteiger partial charge in [-0.2, -0.15) is 0 Å². The molecule has 98 valence electrons. The number of aromatic amines is 1. The number of carbonyl (C=O) groups is 1. The molecule has 1 heterocycles. The van der Waals surface area contributed by atoms with Crippen LogP contribution in [0.1, 0.15) is 30.4 Å². The highest BCUT2D eigenvalue weighted by molar-refractivity contribution is 5.89. The fraction of sp³-hybridized carbons (Fsp3) is 0.312. The molecule has 0 spiro atoms. The molecule has 1 aliphatic rings. The van der Waals surface area contributed by atoms with E-state index in [9.17, 15) is 4.79 Å². The van der Waals surface area contributed by atoms with Crippen molar-refractivity contribution in [3.8, 4) is 0 Å². The van der Waals surface area contributed by atoms with Crippen LogP contribution in [-0.2, 0) is 16.8 Å². The highest BCUT2D eigenvalue weighted by Crippen LogP contribution is 2.43. The summed E-state index contributed by atoms with van der Waals surface area (Å²) in [5.74, 6) is 0.158. The summed E-state index contributed by atoms with van der Waals surface area (Å²) in [6.45, 7) is 0.594.